The van der Waals surface area contributed by atoms with E-state index in [4.69, 9.17) is 15.2 Å². The van der Waals surface area contributed by atoms with Crippen molar-refractivity contribution in [2.45, 2.75) is 18.9 Å². The molecule has 0 bridgehead atoms. The summed E-state index contributed by atoms with van der Waals surface area (Å²) in [5.41, 5.74) is 7.62. The van der Waals surface area contributed by atoms with E-state index < -0.39 is 29.6 Å². The van der Waals surface area contributed by atoms with Gasteiger partial charge in [0.15, 0.2) is 0 Å². The number of carbonyl (C=O) groups excluding carboxylic acids is 3. The third kappa shape index (κ3) is 6.43. The molecule has 34 heavy (non-hydrogen) atoms. The lowest BCUT2D eigenvalue weighted by molar-refractivity contribution is -0.142. The number of aromatic hydroxyl groups is 1. The number of hydrogen-bond donors (Lipinski definition) is 3. The highest BCUT2D eigenvalue weighted by Gasteiger charge is 2.24. The maximum Gasteiger partial charge on any atom is 0.343 e. The van der Waals surface area contributed by atoms with E-state index in [1.807, 2.05) is 30.3 Å². The van der Waals surface area contributed by atoms with Gasteiger partial charge >= 0.3 is 11.9 Å². The first kappa shape index (κ1) is 24.5. The van der Waals surface area contributed by atoms with E-state index in [0.717, 1.165) is 11.1 Å². The van der Waals surface area contributed by atoms with Crippen LogP contribution in [0.1, 0.15) is 31.8 Å². The van der Waals surface area contributed by atoms with Crippen LogP contribution in [-0.4, -0.2) is 42.6 Å². The molecule has 1 atom stereocenters. The molecule has 0 heterocycles. The van der Waals surface area contributed by atoms with Crippen molar-refractivity contribution >= 4 is 17.8 Å². The molecule has 0 aliphatic heterocycles. The monoisotopic (exact) mass is 462 g/mol. The molecule has 8 heteroatoms. The molecule has 3 aromatic rings. The van der Waals surface area contributed by atoms with Gasteiger partial charge in [-0.2, -0.15) is 0 Å². The van der Waals surface area contributed by atoms with Gasteiger partial charge in [0.05, 0.1) is 18.2 Å². The van der Waals surface area contributed by atoms with E-state index in [0.29, 0.717) is 18.5 Å². The van der Waals surface area contributed by atoms with Gasteiger partial charge in [0.1, 0.15) is 17.5 Å². The fourth-order valence-electron chi connectivity index (χ4n) is 3.33. The van der Waals surface area contributed by atoms with Crippen LogP contribution in [0.25, 0.3) is 0 Å². The van der Waals surface area contributed by atoms with E-state index in [1.165, 1.54) is 25.3 Å². The van der Waals surface area contributed by atoms with Crippen LogP contribution in [0, 0.1) is 0 Å². The highest BCUT2D eigenvalue weighted by Crippen LogP contribution is 2.25. The molecule has 0 spiro atoms. The SMILES string of the molecule is COC(=O)[C@H](Cc1ccccc1)NC(=O)c1ccc(OC(=O)c2ccc(CCN)cc2)cc1O. The Morgan fingerprint density at radius 1 is 0.971 bits per heavy atom. The van der Waals surface area contributed by atoms with Gasteiger partial charge in [-0.15, -0.1) is 0 Å². The van der Waals surface area contributed by atoms with Gasteiger partial charge in [-0.3, -0.25) is 4.79 Å². The van der Waals surface area contributed by atoms with E-state index in [9.17, 15) is 19.5 Å². The van der Waals surface area contributed by atoms with Crippen LogP contribution in [-0.2, 0) is 22.4 Å². The van der Waals surface area contributed by atoms with Gasteiger partial charge in [0, 0.05) is 12.5 Å². The van der Waals surface area contributed by atoms with Gasteiger partial charge < -0.3 is 25.6 Å². The Hall–Kier alpha value is -4.17. The third-order valence-corrected chi connectivity index (χ3v) is 5.12. The quantitative estimate of drug-likeness (QED) is 0.329. The number of hydrogen-bond acceptors (Lipinski definition) is 7. The van der Waals surface area contributed by atoms with Crippen molar-refractivity contribution in [3.05, 3.63) is 95.1 Å². The first-order valence-electron chi connectivity index (χ1n) is 10.7. The molecule has 0 aliphatic rings. The molecule has 0 saturated carbocycles. The second kappa shape index (κ2) is 11.6. The zero-order valence-electron chi connectivity index (χ0n) is 18.7. The molecule has 0 fully saturated rings. The zero-order chi connectivity index (χ0) is 24.5. The van der Waals surface area contributed by atoms with Gasteiger partial charge in [0.2, 0.25) is 0 Å². The molecule has 0 unspecified atom stereocenters. The number of benzene rings is 3. The van der Waals surface area contributed by atoms with E-state index in [1.54, 1.807) is 24.3 Å². The fraction of sp³-hybridized carbons (Fsp3) is 0.192. The summed E-state index contributed by atoms with van der Waals surface area (Å²) < 4.78 is 10.1. The molecule has 1 amide bonds. The summed E-state index contributed by atoms with van der Waals surface area (Å²) in [6.07, 6.45) is 0.925. The molecule has 8 nitrogen and oxygen atoms in total. The fourth-order valence-corrected chi connectivity index (χ4v) is 3.33. The lowest BCUT2D eigenvalue weighted by Gasteiger charge is -2.17. The lowest BCUT2D eigenvalue weighted by atomic mass is 10.1. The van der Waals surface area contributed by atoms with Crippen LogP contribution in [0.15, 0.2) is 72.8 Å². The minimum atomic E-state index is -0.945. The van der Waals surface area contributed by atoms with Gasteiger partial charge in [-0.05, 0) is 48.4 Å². The Kier molecular flexibility index (Phi) is 8.37. The summed E-state index contributed by atoms with van der Waals surface area (Å²) in [6, 6.07) is 18.9. The number of phenolic OH excluding ortho intramolecular Hbond substituents is 1. The van der Waals surface area contributed by atoms with Crippen molar-refractivity contribution in [1.29, 1.82) is 0 Å². The Balaban J connectivity index is 1.68. The Labute approximate surface area is 197 Å². The van der Waals surface area contributed by atoms with Gasteiger partial charge in [-0.25, -0.2) is 9.59 Å². The highest BCUT2D eigenvalue weighted by atomic mass is 16.5. The number of amides is 1. The molecule has 0 saturated heterocycles. The maximum absolute atomic E-state index is 12.7. The molecule has 4 N–H and O–H groups in total. The van der Waals surface area contributed by atoms with Crippen LogP contribution in [0.2, 0.25) is 0 Å². The molecule has 0 radical (unpaired) electrons. The minimum absolute atomic E-state index is 0.0684. The van der Waals surface area contributed by atoms with E-state index in [2.05, 4.69) is 5.32 Å². The number of carbonyl (C=O) groups is 3. The summed E-state index contributed by atoms with van der Waals surface area (Å²) >= 11 is 0. The Morgan fingerprint density at radius 2 is 1.68 bits per heavy atom. The van der Waals surface area contributed by atoms with E-state index >= 15 is 0 Å². The van der Waals surface area contributed by atoms with Crippen LogP contribution in [0.5, 0.6) is 11.5 Å². The first-order valence-corrected chi connectivity index (χ1v) is 10.7. The molecule has 3 aromatic carbocycles. The van der Waals surface area contributed by atoms with Crippen molar-refractivity contribution in [3.8, 4) is 11.5 Å². The number of phenols is 1. The number of methoxy groups -OCH3 is 1. The Morgan fingerprint density at radius 3 is 2.29 bits per heavy atom. The number of ether oxygens (including phenoxy) is 2. The molecule has 0 aromatic heterocycles. The summed E-state index contributed by atoms with van der Waals surface area (Å²) in [7, 11) is 1.23. The van der Waals surface area contributed by atoms with Gasteiger partial charge in [-0.1, -0.05) is 42.5 Å². The molecule has 3 rings (SSSR count). The topological polar surface area (TPSA) is 128 Å². The second-order valence-electron chi connectivity index (χ2n) is 7.54. The third-order valence-electron chi connectivity index (χ3n) is 5.12. The molecule has 0 aliphatic carbocycles. The average Bonchev–Trinajstić information content (AvgIpc) is 2.84. The lowest BCUT2D eigenvalue weighted by Crippen LogP contribution is -2.43. The summed E-state index contributed by atoms with van der Waals surface area (Å²) in [4.78, 5) is 37.3. The predicted molar refractivity (Wildman–Crippen MR) is 126 cm³/mol. The van der Waals surface area contributed by atoms with Crippen LogP contribution in [0.3, 0.4) is 0 Å². The van der Waals surface area contributed by atoms with Crippen LogP contribution in [0.4, 0.5) is 0 Å². The smallest absolute Gasteiger partial charge is 0.343 e. The Bertz CT molecular complexity index is 1150. The van der Waals surface area contributed by atoms with Gasteiger partial charge in [0.25, 0.3) is 5.91 Å². The summed E-state index contributed by atoms with van der Waals surface area (Å²) in [6.45, 7) is 0.510. The minimum Gasteiger partial charge on any atom is -0.507 e. The van der Waals surface area contributed by atoms with Crippen LogP contribution < -0.4 is 15.8 Å². The molecular weight excluding hydrogens is 436 g/mol. The van der Waals surface area contributed by atoms with Crippen molar-refractivity contribution < 1.29 is 29.0 Å². The number of nitrogens with two attached hydrogens (primary N) is 1. The maximum atomic E-state index is 12.7. The van der Waals surface area contributed by atoms with Crippen molar-refractivity contribution in [1.82, 2.24) is 5.32 Å². The summed E-state index contributed by atoms with van der Waals surface area (Å²) in [5, 5.41) is 12.9. The van der Waals surface area contributed by atoms with Crippen molar-refractivity contribution in [2.24, 2.45) is 5.73 Å². The predicted octanol–water partition coefficient (Wildman–Crippen LogP) is 2.63. The largest absolute Gasteiger partial charge is 0.507 e. The number of esters is 2. The standard InChI is InChI=1S/C26H26N2O6/c1-33-26(32)22(15-18-5-3-2-4-6-18)28-24(30)21-12-11-20(16-23(21)29)34-25(31)19-9-7-17(8-10-19)13-14-27/h2-12,16,22,29H,13-15,27H2,1H3,(H,28,30)/t22-/m0/s1. The van der Waals surface area contributed by atoms with Crippen molar-refractivity contribution in [2.75, 3.05) is 13.7 Å². The van der Waals surface area contributed by atoms with Crippen molar-refractivity contribution in [3.63, 3.8) is 0 Å². The first-order chi connectivity index (χ1) is 16.4. The normalized spacial score (nSPS) is 11.4. The average molecular weight is 463 g/mol. The van der Waals surface area contributed by atoms with E-state index in [-0.39, 0.29) is 17.7 Å². The number of rotatable bonds is 9. The molecule has 176 valence electrons. The second-order valence-corrected chi connectivity index (χ2v) is 7.54. The highest BCUT2D eigenvalue weighted by molar-refractivity contribution is 5.99. The van der Waals surface area contributed by atoms with Crippen LogP contribution >= 0.6 is 0 Å². The summed E-state index contributed by atoms with van der Waals surface area (Å²) in [5.74, 6) is -2.22. The number of nitrogens with one attached hydrogen (secondary N) is 1. The zero-order valence-corrected chi connectivity index (χ0v) is 18.7. The molecular formula is C26H26N2O6.